The van der Waals surface area contributed by atoms with Crippen molar-refractivity contribution in [2.75, 3.05) is 26.3 Å². The lowest BCUT2D eigenvalue weighted by atomic mass is 10.0. The molecule has 2 atom stereocenters. The number of rotatable bonds is 6. The minimum atomic E-state index is -0.225. The van der Waals surface area contributed by atoms with Crippen molar-refractivity contribution in [2.45, 2.75) is 26.3 Å². The highest BCUT2D eigenvalue weighted by Gasteiger charge is 2.33. The molecule has 0 spiro atoms. The molecule has 4 nitrogen and oxygen atoms in total. The van der Waals surface area contributed by atoms with Gasteiger partial charge in [0.1, 0.15) is 5.82 Å². The van der Waals surface area contributed by atoms with Gasteiger partial charge in [-0.15, -0.1) is 0 Å². The Hall–Kier alpha value is -1.46. The van der Waals surface area contributed by atoms with Crippen LogP contribution in [0.3, 0.4) is 0 Å². The molecule has 0 saturated carbocycles. The Bertz CT molecular complexity index is 493. The lowest BCUT2D eigenvalue weighted by Gasteiger charge is -2.18. The molecule has 2 unspecified atom stereocenters. The van der Waals surface area contributed by atoms with Gasteiger partial charge in [-0.3, -0.25) is 4.79 Å². The predicted octanol–water partition coefficient (Wildman–Crippen LogP) is 1.42. The second-order valence-electron chi connectivity index (χ2n) is 5.42. The lowest BCUT2D eigenvalue weighted by Crippen LogP contribution is -2.44. The maximum atomic E-state index is 13.0. The van der Waals surface area contributed by atoms with Crippen molar-refractivity contribution in [1.82, 2.24) is 10.6 Å². The average molecular weight is 294 g/mol. The third-order valence-corrected chi connectivity index (χ3v) is 3.88. The molecule has 1 aromatic carbocycles. The molecule has 1 aromatic rings. The maximum Gasteiger partial charge on any atom is 0.227 e. The summed E-state index contributed by atoms with van der Waals surface area (Å²) in [5, 5.41) is 6.22. The van der Waals surface area contributed by atoms with Crippen molar-refractivity contribution in [3.8, 4) is 0 Å². The molecule has 1 fully saturated rings. The normalized spacial score (nSPS) is 21.5. The third kappa shape index (κ3) is 4.25. The van der Waals surface area contributed by atoms with E-state index < -0.39 is 0 Å². The monoisotopic (exact) mass is 294 g/mol. The van der Waals surface area contributed by atoms with Gasteiger partial charge in [0.15, 0.2) is 0 Å². The average Bonchev–Trinajstić information content (AvgIpc) is 2.90. The van der Waals surface area contributed by atoms with E-state index in [1.165, 1.54) is 12.1 Å². The molecule has 1 heterocycles. The second kappa shape index (κ2) is 7.52. The molecule has 1 aliphatic rings. The van der Waals surface area contributed by atoms with Crippen LogP contribution in [0.25, 0.3) is 0 Å². The number of hydrogen-bond acceptors (Lipinski definition) is 3. The van der Waals surface area contributed by atoms with Crippen LogP contribution in [0.2, 0.25) is 0 Å². The van der Waals surface area contributed by atoms with E-state index in [9.17, 15) is 9.18 Å². The van der Waals surface area contributed by atoms with Crippen molar-refractivity contribution in [2.24, 2.45) is 5.92 Å². The van der Waals surface area contributed by atoms with Crippen LogP contribution in [0.1, 0.15) is 18.1 Å². The number of nitrogens with one attached hydrogen (secondary N) is 2. The van der Waals surface area contributed by atoms with Gasteiger partial charge in [-0.1, -0.05) is 13.0 Å². The van der Waals surface area contributed by atoms with E-state index in [0.29, 0.717) is 26.2 Å². The standard InChI is InChI=1S/C16H23FN2O2/c1-3-18-15-10-21-9-14(15)16(20)19-7-6-12-4-5-13(17)8-11(12)2/h4-5,8,14-15,18H,3,6-7,9-10H2,1-2H3,(H,19,20). The number of carbonyl (C=O) groups is 1. The first kappa shape index (κ1) is 15.9. The first-order valence-electron chi connectivity index (χ1n) is 7.45. The number of hydrogen-bond donors (Lipinski definition) is 2. The van der Waals surface area contributed by atoms with E-state index in [0.717, 1.165) is 17.7 Å². The van der Waals surface area contributed by atoms with Gasteiger partial charge in [0.2, 0.25) is 5.91 Å². The highest BCUT2D eigenvalue weighted by Crippen LogP contribution is 2.14. The van der Waals surface area contributed by atoms with E-state index in [1.54, 1.807) is 6.07 Å². The molecule has 116 valence electrons. The predicted molar refractivity (Wildman–Crippen MR) is 79.6 cm³/mol. The molecule has 2 rings (SSSR count). The number of likely N-dealkylation sites (N-methyl/N-ethyl adjacent to an activating group) is 1. The number of amides is 1. The summed E-state index contributed by atoms with van der Waals surface area (Å²) in [5.74, 6) is -0.325. The molecule has 21 heavy (non-hydrogen) atoms. The van der Waals surface area contributed by atoms with Crippen LogP contribution in [0.4, 0.5) is 4.39 Å². The molecule has 1 saturated heterocycles. The number of halogens is 1. The molecule has 2 N–H and O–H groups in total. The van der Waals surface area contributed by atoms with E-state index in [1.807, 2.05) is 13.8 Å². The Morgan fingerprint density at radius 3 is 2.95 bits per heavy atom. The number of ether oxygens (including phenoxy) is 1. The zero-order chi connectivity index (χ0) is 15.2. The van der Waals surface area contributed by atoms with Crippen LogP contribution in [0.15, 0.2) is 18.2 Å². The highest BCUT2D eigenvalue weighted by atomic mass is 19.1. The van der Waals surface area contributed by atoms with Crippen molar-refractivity contribution in [3.63, 3.8) is 0 Å². The summed E-state index contributed by atoms with van der Waals surface area (Å²) in [7, 11) is 0. The summed E-state index contributed by atoms with van der Waals surface area (Å²) in [6, 6.07) is 4.85. The SMILES string of the molecule is CCNC1COCC1C(=O)NCCc1ccc(F)cc1C. The van der Waals surface area contributed by atoms with Crippen LogP contribution < -0.4 is 10.6 Å². The van der Waals surface area contributed by atoms with Crippen LogP contribution in [0.5, 0.6) is 0 Å². The molecular formula is C16H23FN2O2. The fourth-order valence-corrected chi connectivity index (χ4v) is 2.67. The van der Waals surface area contributed by atoms with Gasteiger partial charge in [-0.25, -0.2) is 4.39 Å². The number of benzene rings is 1. The summed E-state index contributed by atoms with van der Waals surface area (Å²) < 4.78 is 18.4. The van der Waals surface area contributed by atoms with Crippen molar-refractivity contribution >= 4 is 5.91 Å². The van der Waals surface area contributed by atoms with Gasteiger partial charge < -0.3 is 15.4 Å². The summed E-state index contributed by atoms with van der Waals surface area (Å²) in [5.41, 5.74) is 1.97. The first-order valence-corrected chi connectivity index (χ1v) is 7.45. The Labute approximate surface area is 125 Å². The van der Waals surface area contributed by atoms with E-state index in [2.05, 4.69) is 10.6 Å². The summed E-state index contributed by atoms with van der Waals surface area (Å²) >= 11 is 0. The molecule has 1 aliphatic heterocycles. The Morgan fingerprint density at radius 1 is 1.43 bits per heavy atom. The third-order valence-electron chi connectivity index (χ3n) is 3.88. The van der Waals surface area contributed by atoms with Crippen molar-refractivity contribution in [3.05, 3.63) is 35.1 Å². The van der Waals surface area contributed by atoms with Crippen LogP contribution in [-0.2, 0) is 16.0 Å². The molecular weight excluding hydrogens is 271 g/mol. The van der Waals surface area contributed by atoms with Gasteiger partial charge in [0.25, 0.3) is 0 Å². The van der Waals surface area contributed by atoms with Gasteiger partial charge in [-0.2, -0.15) is 0 Å². The van der Waals surface area contributed by atoms with Gasteiger partial charge in [0.05, 0.1) is 19.1 Å². The van der Waals surface area contributed by atoms with E-state index >= 15 is 0 Å². The number of carbonyl (C=O) groups excluding carboxylic acids is 1. The quantitative estimate of drug-likeness (QED) is 0.834. The van der Waals surface area contributed by atoms with Crippen molar-refractivity contribution in [1.29, 1.82) is 0 Å². The van der Waals surface area contributed by atoms with E-state index in [-0.39, 0.29) is 23.7 Å². The minimum Gasteiger partial charge on any atom is -0.379 e. The van der Waals surface area contributed by atoms with Crippen LogP contribution in [-0.4, -0.2) is 38.3 Å². The van der Waals surface area contributed by atoms with Crippen LogP contribution in [0, 0.1) is 18.7 Å². The second-order valence-corrected chi connectivity index (χ2v) is 5.42. The first-order chi connectivity index (χ1) is 10.1. The van der Waals surface area contributed by atoms with Crippen molar-refractivity contribution < 1.29 is 13.9 Å². The molecule has 1 amide bonds. The molecule has 0 radical (unpaired) electrons. The highest BCUT2D eigenvalue weighted by molar-refractivity contribution is 5.79. The van der Waals surface area contributed by atoms with Gasteiger partial charge >= 0.3 is 0 Å². The largest absolute Gasteiger partial charge is 0.379 e. The maximum absolute atomic E-state index is 13.0. The Morgan fingerprint density at radius 2 is 2.24 bits per heavy atom. The molecule has 0 bridgehead atoms. The van der Waals surface area contributed by atoms with Gasteiger partial charge in [0, 0.05) is 12.6 Å². The zero-order valence-electron chi connectivity index (χ0n) is 12.6. The molecule has 5 heteroatoms. The smallest absolute Gasteiger partial charge is 0.227 e. The summed E-state index contributed by atoms with van der Waals surface area (Å²) in [6.07, 6.45) is 0.706. The molecule has 0 aromatic heterocycles. The minimum absolute atomic E-state index is 0.0261. The van der Waals surface area contributed by atoms with E-state index in [4.69, 9.17) is 4.74 Å². The summed E-state index contributed by atoms with van der Waals surface area (Å²) in [4.78, 5) is 12.2. The zero-order valence-corrected chi connectivity index (χ0v) is 12.6. The van der Waals surface area contributed by atoms with Gasteiger partial charge in [-0.05, 0) is 43.1 Å². The topological polar surface area (TPSA) is 50.4 Å². The molecule has 0 aliphatic carbocycles. The Kier molecular flexibility index (Phi) is 5.70. The summed E-state index contributed by atoms with van der Waals surface area (Å²) in [6.45, 7) is 6.34. The fraction of sp³-hybridized carbons (Fsp3) is 0.562. The number of aryl methyl sites for hydroxylation is 1. The van der Waals surface area contributed by atoms with Crippen LogP contribution >= 0.6 is 0 Å². The lowest BCUT2D eigenvalue weighted by molar-refractivity contribution is -0.125. The Balaban J connectivity index is 1.81. The fourth-order valence-electron chi connectivity index (χ4n) is 2.67.